The van der Waals surface area contributed by atoms with Gasteiger partial charge in [0.15, 0.2) is 16.7 Å². The normalized spacial score (nSPS) is 20.8. The maximum absolute atomic E-state index is 9.09. The maximum atomic E-state index is 9.09. The van der Waals surface area contributed by atoms with Crippen LogP contribution in [0.1, 0.15) is 63.8 Å². The first-order valence-electron chi connectivity index (χ1n) is 11.2. The SMILES string of the molecule is COc1cc2nc(SC[C@H]3CCCCO3)n(C3CCCCCC3)c(=N)c2cc1OC. The molecule has 2 aliphatic rings. The average molecular weight is 432 g/mol. The van der Waals surface area contributed by atoms with Crippen molar-refractivity contribution < 1.29 is 14.2 Å². The molecule has 164 valence electrons. The highest BCUT2D eigenvalue weighted by molar-refractivity contribution is 7.99. The van der Waals surface area contributed by atoms with Gasteiger partial charge in [0.05, 0.1) is 25.8 Å². The van der Waals surface area contributed by atoms with E-state index in [4.69, 9.17) is 24.6 Å². The molecule has 0 unspecified atom stereocenters. The van der Waals surface area contributed by atoms with Crippen LogP contribution in [0.25, 0.3) is 10.9 Å². The number of aromatic nitrogens is 2. The zero-order valence-corrected chi connectivity index (χ0v) is 18.9. The van der Waals surface area contributed by atoms with E-state index in [0.717, 1.165) is 54.1 Å². The van der Waals surface area contributed by atoms with Gasteiger partial charge in [0.2, 0.25) is 0 Å². The molecule has 1 aliphatic heterocycles. The fraction of sp³-hybridized carbons (Fsp3) is 0.652. The van der Waals surface area contributed by atoms with Gasteiger partial charge in [-0.2, -0.15) is 0 Å². The van der Waals surface area contributed by atoms with Crippen molar-refractivity contribution >= 4 is 22.7 Å². The number of ether oxygens (including phenoxy) is 3. The molecule has 4 rings (SSSR count). The lowest BCUT2D eigenvalue weighted by Crippen LogP contribution is -2.29. The van der Waals surface area contributed by atoms with E-state index >= 15 is 0 Å². The van der Waals surface area contributed by atoms with E-state index in [1.807, 2.05) is 12.1 Å². The molecule has 7 heteroatoms. The first-order valence-corrected chi connectivity index (χ1v) is 12.2. The summed E-state index contributed by atoms with van der Waals surface area (Å²) in [6, 6.07) is 4.12. The average Bonchev–Trinajstić information content (AvgIpc) is 3.07. The molecule has 2 fully saturated rings. The second-order valence-electron chi connectivity index (χ2n) is 8.28. The third-order valence-electron chi connectivity index (χ3n) is 6.28. The van der Waals surface area contributed by atoms with Crippen molar-refractivity contribution in [1.29, 1.82) is 5.41 Å². The second-order valence-corrected chi connectivity index (χ2v) is 9.27. The van der Waals surface area contributed by atoms with E-state index in [0.29, 0.717) is 23.0 Å². The van der Waals surface area contributed by atoms with E-state index in [1.54, 1.807) is 26.0 Å². The molecule has 1 N–H and O–H groups in total. The highest BCUT2D eigenvalue weighted by Gasteiger charge is 2.22. The van der Waals surface area contributed by atoms with Crippen LogP contribution in [0, 0.1) is 5.41 Å². The predicted octanol–water partition coefficient (Wildman–Crippen LogP) is 5.09. The molecule has 0 spiro atoms. The molecular weight excluding hydrogens is 398 g/mol. The molecule has 1 aromatic carbocycles. The number of fused-ring (bicyclic) bond motifs is 1. The Morgan fingerprint density at radius 3 is 2.40 bits per heavy atom. The summed E-state index contributed by atoms with van der Waals surface area (Å²) in [6.07, 6.45) is 11.0. The van der Waals surface area contributed by atoms with E-state index in [1.165, 1.54) is 32.1 Å². The Hall–Kier alpha value is -1.73. The smallest absolute Gasteiger partial charge is 0.170 e. The van der Waals surface area contributed by atoms with Crippen LogP contribution in [-0.4, -0.2) is 42.2 Å². The monoisotopic (exact) mass is 431 g/mol. The van der Waals surface area contributed by atoms with Crippen molar-refractivity contribution in [3.05, 3.63) is 17.6 Å². The van der Waals surface area contributed by atoms with Crippen molar-refractivity contribution in [3.63, 3.8) is 0 Å². The van der Waals surface area contributed by atoms with Crippen LogP contribution in [0.2, 0.25) is 0 Å². The minimum Gasteiger partial charge on any atom is -0.493 e. The molecular formula is C23H33N3O3S. The van der Waals surface area contributed by atoms with Gasteiger partial charge >= 0.3 is 0 Å². The molecule has 1 atom stereocenters. The van der Waals surface area contributed by atoms with Crippen LogP contribution >= 0.6 is 11.8 Å². The first kappa shape index (κ1) is 21.5. The van der Waals surface area contributed by atoms with Gasteiger partial charge in [-0.3, -0.25) is 5.41 Å². The number of rotatable bonds is 6. The van der Waals surface area contributed by atoms with Crippen molar-refractivity contribution in [3.8, 4) is 11.5 Å². The molecule has 1 aliphatic carbocycles. The Labute approximate surface area is 182 Å². The Kier molecular flexibility index (Phi) is 7.20. The lowest BCUT2D eigenvalue weighted by molar-refractivity contribution is 0.0315. The summed E-state index contributed by atoms with van der Waals surface area (Å²) in [5, 5.41) is 10.8. The van der Waals surface area contributed by atoms with Crippen LogP contribution in [0.4, 0.5) is 0 Å². The lowest BCUT2D eigenvalue weighted by Gasteiger charge is -2.25. The molecule has 1 saturated carbocycles. The van der Waals surface area contributed by atoms with Crippen LogP contribution < -0.4 is 15.0 Å². The van der Waals surface area contributed by atoms with Gasteiger partial charge in [0.1, 0.15) is 5.49 Å². The van der Waals surface area contributed by atoms with Crippen LogP contribution in [0.3, 0.4) is 0 Å². The van der Waals surface area contributed by atoms with Crippen LogP contribution in [0.5, 0.6) is 11.5 Å². The predicted molar refractivity (Wildman–Crippen MR) is 120 cm³/mol. The molecule has 2 heterocycles. The van der Waals surface area contributed by atoms with E-state index < -0.39 is 0 Å². The highest BCUT2D eigenvalue weighted by Crippen LogP contribution is 2.34. The third kappa shape index (κ3) is 4.62. The van der Waals surface area contributed by atoms with Crippen LogP contribution in [-0.2, 0) is 4.74 Å². The zero-order chi connectivity index (χ0) is 20.9. The standard InChI is InChI=1S/C23H33N3O3S/c1-27-20-13-18-19(14-21(20)28-2)25-23(30-15-17-11-7-8-12-29-17)26(22(18)24)16-9-5-3-4-6-10-16/h13-14,16-17,24H,3-12,15H2,1-2H3/t17-/m1/s1. The van der Waals surface area contributed by atoms with Crippen molar-refractivity contribution in [1.82, 2.24) is 9.55 Å². The zero-order valence-electron chi connectivity index (χ0n) is 18.1. The van der Waals surface area contributed by atoms with Crippen molar-refractivity contribution in [2.45, 2.75) is 75.1 Å². The minimum absolute atomic E-state index is 0.281. The molecule has 0 bridgehead atoms. The fourth-order valence-corrected chi connectivity index (χ4v) is 5.74. The number of thioether (sulfide) groups is 1. The van der Waals surface area contributed by atoms with Gasteiger partial charge in [-0.15, -0.1) is 0 Å². The van der Waals surface area contributed by atoms with Crippen molar-refractivity contribution in [2.24, 2.45) is 0 Å². The Morgan fingerprint density at radius 1 is 1.03 bits per heavy atom. The summed E-state index contributed by atoms with van der Waals surface area (Å²) in [5.41, 5.74) is 1.31. The molecule has 30 heavy (non-hydrogen) atoms. The number of nitrogens with zero attached hydrogens (tertiary/aromatic N) is 2. The van der Waals surface area contributed by atoms with Gasteiger partial charge in [-0.1, -0.05) is 37.4 Å². The van der Waals surface area contributed by atoms with E-state index in [2.05, 4.69) is 4.57 Å². The summed E-state index contributed by atoms with van der Waals surface area (Å²) in [5.74, 6) is 2.18. The summed E-state index contributed by atoms with van der Waals surface area (Å²) < 4.78 is 19.1. The number of hydrogen-bond acceptors (Lipinski definition) is 6. The van der Waals surface area contributed by atoms with Gasteiger partial charge in [-0.05, 0) is 38.2 Å². The quantitative estimate of drug-likeness (QED) is 0.392. The molecule has 0 radical (unpaired) electrons. The summed E-state index contributed by atoms with van der Waals surface area (Å²) >= 11 is 1.74. The first-order chi connectivity index (χ1) is 14.7. The fourth-order valence-electron chi connectivity index (χ4n) is 4.60. The summed E-state index contributed by atoms with van der Waals surface area (Å²) in [7, 11) is 3.27. The number of methoxy groups -OCH3 is 2. The Bertz CT molecular complexity index is 916. The molecule has 1 aromatic heterocycles. The molecule has 1 saturated heterocycles. The number of benzene rings is 1. The Balaban J connectivity index is 1.76. The second kappa shape index (κ2) is 10.1. The highest BCUT2D eigenvalue weighted by atomic mass is 32.2. The van der Waals surface area contributed by atoms with E-state index in [-0.39, 0.29) is 6.10 Å². The van der Waals surface area contributed by atoms with Gasteiger partial charge in [-0.25, -0.2) is 4.98 Å². The molecule has 0 amide bonds. The Morgan fingerprint density at radius 2 is 1.73 bits per heavy atom. The summed E-state index contributed by atoms with van der Waals surface area (Å²) in [4.78, 5) is 5.03. The molecule has 2 aromatic rings. The summed E-state index contributed by atoms with van der Waals surface area (Å²) in [6.45, 7) is 0.861. The maximum Gasteiger partial charge on any atom is 0.170 e. The topological polar surface area (TPSA) is 69.4 Å². The van der Waals surface area contributed by atoms with E-state index in [9.17, 15) is 0 Å². The number of nitrogens with one attached hydrogen (secondary N) is 1. The largest absolute Gasteiger partial charge is 0.493 e. The van der Waals surface area contributed by atoms with Gasteiger partial charge in [0.25, 0.3) is 0 Å². The van der Waals surface area contributed by atoms with Crippen LogP contribution in [0.15, 0.2) is 17.3 Å². The number of hydrogen-bond donors (Lipinski definition) is 1. The lowest BCUT2D eigenvalue weighted by atomic mass is 10.1. The molecule has 6 nitrogen and oxygen atoms in total. The minimum atomic E-state index is 0.281. The van der Waals surface area contributed by atoms with Gasteiger partial charge in [0, 0.05) is 29.9 Å². The van der Waals surface area contributed by atoms with Crippen molar-refractivity contribution in [2.75, 3.05) is 26.6 Å². The third-order valence-corrected chi connectivity index (χ3v) is 7.37. The van der Waals surface area contributed by atoms with Gasteiger partial charge < -0.3 is 18.8 Å².